The van der Waals surface area contributed by atoms with E-state index in [9.17, 15) is 28.8 Å². The molecule has 49 heavy (non-hydrogen) atoms. The van der Waals surface area contributed by atoms with E-state index in [1.807, 2.05) is 0 Å². The van der Waals surface area contributed by atoms with Gasteiger partial charge in [0.2, 0.25) is 23.6 Å². The van der Waals surface area contributed by atoms with Gasteiger partial charge < -0.3 is 30.9 Å². The van der Waals surface area contributed by atoms with Crippen LogP contribution >= 0.6 is 11.8 Å². The van der Waals surface area contributed by atoms with Crippen LogP contribution < -0.4 is 16.4 Å². The second kappa shape index (κ2) is 25.1. The predicted octanol–water partition coefficient (Wildman–Crippen LogP) is 4.00. The molecule has 0 aliphatic carbocycles. The fraction of sp³-hybridized carbons (Fsp3) is 0.778. The zero-order valence-corrected chi connectivity index (χ0v) is 30.5. The number of hydrogen-bond donors (Lipinski definition) is 3. The third kappa shape index (κ3) is 16.1. The number of amides is 4. The minimum absolute atomic E-state index is 0.000735. The number of nitrogens with two attached hydrogens (primary N) is 1. The van der Waals surface area contributed by atoms with E-state index < -0.39 is 42.5 Å². The van der Waals surface area contributed by atoms with Crippen molar-refractivity contribution in [1.82, 2.24) is 20.4 Å². The van der Waals surface area contributed by atoms with Crippen molar-refractivity contribution < 1.29 is 33.5 Å². The van der Waals surface area contributed by atoms with Gasteiger partial charge >= 0.3 is 5.97 Å². The molecule has 12 nitrogen and oxygen atoms in total. The number of nitrogens with zero attached hydrogens (tertiary/aromatic N) is 2. The van der Waals surface area contributed by atoms with Crippen molar-refractivity contribution in [2.24, 2.45) is 5.73 Å². The zero-order chi connectivity index (χ0) is 35.9. The van der Waals surface area contributed by atoms with Crippen LogP contribution in [0.1, 0.15) is 122 Å². The highest BCUT2D eigenvalue weighted by atomic mass is 32.2. The Morgan fingerprint density at radius 3 is 2.02 bits per heavy atom. The molecule has 0 unspecified atom stereocenters. The SMILES string of the molecule is C=CCOC(=O)CNC(=O)[C@H](CSC(=O)CCCCCCCCCCCCCCC)NC(=O)[C@@H]1CCCN1C(=O)[C@@H]1CCCN1C(=O)CN. The summed E-state index contributed by atoms with van der Waals surface area (Å²) in [7, 11) is 0. The molecule has 2 rings (SSSR count). The first-order valence-corrected chi connectivity index (χ1v) is 19.5. The van der Waals surface area contributed by atoms with Gasteiger partial charge in [0.15, 0.2) is 5.12 Å². The quantitative estimate of drug-likeness (QED) is 0.0722. The summed E-state index contributed by atoms with van der Waals surface area (Å²) in [5, 5.41) is 5.15. The van der Waals surface area contributed by atoms with Crippen LogP contribution in [0.3, 0.4) is 0 Å². The van der Waals surface area contributed by atoms with E-state index >= 15 is 0 Å². The monoisotopic (exact) mass is 707 g/mol. The molecule has 278 valence electrons. The molecule has 0 aromatic carbocycles. The van der Waals surface area contributed by atoms with Crippen molar-refractivity contribution in [2.45, 2.75) is 141 Å². The Morgan fingerprint density at radius 1 is 0.857 bits per heavy atom. The minimum Gasteiger partial charge on any atom is -0.460 e. The van der Waals surface area contributed by atoms with Crippen molar-refractivity contribution in [1.29, 1.82) is 0 Å². The number of carbonyl (C=O) groups is 6. The lowest BCUT2D eigenvalue weighted by molar-refractivity contribution is -0.146. The van der Waals surface area contributed by atoms with Crippen LogP contribution in [0.25, 0.3) is 0 Å². The standard InChI is InChI=1S/C36H61N5O7S/c1-3-5-6-7-8-9-10-11-12-13-14-15-16-21-33(44)49-27-28(34(45)38-26-32(43)48-24-4-2)39-35(46)29-19-17-23-41(29)36(47)30-20-18-22-40(30)31(42)25-37/h4,28-30H,2-3,5-27,37H2,1H3,(H,38,45)(H,39,46)/t28-,29-,30-/m0/s1. The Bertz CT molecular complexity index is 1070. The average Bonchev–Trinajstić information content (AvgIpc) is 3.80. The molecule has 13 heteroatoms. The van der Waals surface area contributed by atoms with Gasteiger partial charge in [0.05, 0.1) is 6.54 Å². The van der Waals surface area contributed by atoms with Gasteiger partial charge in [-0.05, 0) is 32.1 Å². The average molecular weight is 708 g/mol. The van der Waals surface area contributed by atoms with Gasteiger partial charge in [0.25, 0.3) is 0 Å². The van der Waals surface area contributed by atoms with Crippen LogP contribution in [0.15, 0.2) is 12.7 Å². The summed E-state index contributed by atoms with van der Waals surface area (Å²) in [4.78, 5) is 80.1. The van der Waals surface area contributed by atoms with Crippen LogP contribution in [0.4, 0.5) is 0 Å². The topological polar surface area (TPSA) is 168 Å². The summed E-state index contributed by atoms with van der Waals surface area (Å²) in [6, 6.07) is -2.59. The Morgan fingerprint density at radius 2 is 1.43 bits per heavy atom. The maximum absolute atomic E-state index is 13.5. The maximum atomic E-state index is 13.5. The summed E-state index contributed by atoms with van der Waals surface area (Å²) in [6.07, 6.45) is 19.7. The first-order chi connectivity index (χ1) is 23.7. The minimum atomic E-state index is -1.11. The number of thioether (sulfide) groups is 1. The van der Waals surface area contributed by atoms with E-state index in [2.05, 4.69) is 24.1 Å². The number of esters is 1. The van der Waals surface area contributed by atoms with Gasteiger partial charge in [0.1, 0.15) is 31.3 Å². The molecule has 4 N–H and O–H groups in total. The summed E-state index contributed by atoms with van der Waals surface area (Å²) < 4.78 is 4.92. The molecular formula is C36H61N5O7S. The summed E-state index contributed by atoms with van der Waals surface area (Å²) >= 11 is 0.983. The molecule has 0 aromatic heterocycles. The van der Waals surface area contributed by atoms with Gasteiger partial charge in [-0.3, -0.25) is 28.8 Å². The summed E-state index contributed by atoms with van der Waals surface area (Å²) in [5.74, 6) is -2.43. The number of nitrogens with one attached hydrogen (secondary N) is 2. The van der Waals surface area contributed by atoms with Crippen molar-refractivity contribution >= 4 is 46.5 Å². The van der Waals surface area contributed by atoms with Crippen molar-refractivity contribution in [2.75, 3.05) is 38.5 Å². The van der Waals surface area contributed by atoms with E-state index in [0.29, 0.717) is 45.2 Å². The molecule has 0 spiro atoms. The molecule has 0 saturated carbocycles. The second-order valence-corrected chi connectivity index (χ2v) is 14.1. The molecule has 2 aliphatic heterocycles. The Labute approximate surface area is 297 Å². The molecule has 0 aromatic rings. The van der Waals surface area contributed by atoms with Crippen LogP contribution in [0.5, 0.6) is 0 Å². The van der Waals surface area contributed by atoms with E-state index in [1.54, 1.807) is 0 Å². The van der Waals surface area contributed by atoms with Gasteiger partial charge in [-0.1, -0.05) is 108 Å². The highest BCUT2D eigenvalue weighted by molar-refractivity contribution is 8.13. The third-order valence-corrected chi connectivity index (χ3v) is 10.2. The molecular weight excluding hydrogens is 646 g/mol. The summed E-state index contributed by atoms with van der Waals surface area (Å²) in [5.41, 5.74) is 5.54. The van der Waals surface area contributed by atoms with E-state index in [-0.39, 0.29) is 35.8 Å². The fourth-order valence-corrected chi connectivity index (χ4v) is 7.28. The van der Waals surface area contributed by atoms with Crippen LogP contribution in [0, 0.1) is 0 Å². The number of rotatable bonds is 25. The van der Waals surface area contributed by atoms with Crippen LogP contribution in [0.2, 0.25) is 0 Å². The maximum Gasteiger partial charge on any atom is 0.325 e. The van der Waals surface area contributed by atoms with E-state index in [0.717, 1.165) is 31.0 Å². The molecule has 2 saturated heterocycles. The second-order valence-electron chi connectivity index (χ2n) is 13.1. The summed E-state index contributed by atoms with van der Waals surface area (Å²) in [6.45, 7) is 5.93. The fourth-order valence-electron chi connectivity index (χ4n) is 6.41. The first-order valence-electron chi connectivity index (χ1n) is 18.5. The molecule has 3 atom stereocenters. The Hall–Kier alpha value is -2.93. The van der Waals surface area contributed by atoms with Crippen molar-refractivity contribution in [3.8, 4) is 0 Å². The lowest BCUT2D eigenvalue weighted by atomic mass is 10.0. The van der Waals surface area contributed by atoms with Crippen molar-refractivity contribution in [3.05, 3.63) is 12.7 Å². The molecule has 2 aliphatic rings. The largest absolute Gasteiger partial charge is 0.460 e. The Balaban J connectivity index is 1.84. The van der Waals surface area contributed by atoms with Gasteiger partial charge in [-0.25, -0.2) is 0 Å². The van der Waals surface area contributed by atoms with E-state index in [1.165, 1.54) is 80.1 Å². The smallest absolute Gasteiger partial charge is 0.325 e. The lowest BCUT2D eigenvalue weighted by Crippen LogP contribution is -2.57. The van der Waals surface area contributed by atoms with E-state index in [4.69, 9.17) is 10.5 Å². The third-order valence-electron chi connectivity index (χ3n) is 9.17. The normalized spacial score (nSPS) is 17.8. The molecule has 0 bridgehead atoms. The van der Waals surface area contributed by atoms with Crippen molar-refractivity contribution in [3.63, 3.8) is 0 Å². The van der Waals surface area contributed by atoms with Crippen LogP contribution in [-0.4, -0.2) is 101 Å². The number of ether oxygens (including phenoxy) is 1. The lowest BCUT2D eigenvalue weighted by Gasteiger charge is -2.31. The number of likely N-dealkylation sites (tertiary alicyclic amines) is 2. The Kier molecular flexibility index (Phi) is 21.6. The highest BCUT2D eigenvalue weighted by Crippen LogP contribution is 2.25. The number of hydrogen-bond acceptors (Lipinski definition) is 9. The van der Waals surface area contributed by atoms with Gasteiger partial charge in [0, 0.05) is 25.3 Å². The molecule has 2 heterocycles. The van der Waals surface area contributed by atoms with Gasteiger partial charge in [-0.2, -0.15) is 0 Å². The highest BCUT2D eigenvalue weighted by Gasteiger charge is 2.42. The molecule has 4 amide bonds. The number of unbranched alkanes of at least 4 members (excludes halogenated alkanes) is 12. The van der Waals surface area contributed by atoms with Gasteiger partial charge in [-0.15, -0.1) is 0 Å². The predicted molar refractivity (Wildman–Crippen MR) is 192 cm³/mol. The number of carbonyl (C=O) groups excluding carboxylic acids is 6. The molecule has 0 radical (unpaired) electrons. The zero-order valence-electron chi connectivity index (χ0n) is 29.7. The first kappa shape index (κ1) is 42.2. The van der Waals surface area contributed by atoms with Crippen LogP contribution in [-0.2, 0) is 33.5 Å². The molecule has 2 fully saturated rings.